The Balaban J connectivity index is 2.48. The lowest BCUT2D eigenvalue weighted by Crippen LogP contribution is -2.22. The minimum absolute atomic E-state index is 0.0418. The molecule has 142 valence electrons. The molecule has 0 heterocycles. The van der Waals surface area contributed by atoms with Crippen molar-refractivity contribution < 1.29 is 9.47 Å². The zero-order valence-electron chi connectivity index (χ0n) is 17.4. The number of nitrogens with zero attached hydrogens (tertiary/aromatic N) is 1. The van der Waals surface area contributed by atoms with Gasteiger partial charge in [0.2, 0.25) is 0 Å². The second kappa shape index (κ2) is 8.41. The van der Waals surface area contributed by atoms with E-state index in [-0.39, 0.29) is 11.9 Å². The van der Waals surface area contributed by atoms with Gasteiger partial charge < -0.3 is 14.4 Å². The van der Waals surface area contributed by atoms with Gasteiger partial charge in [-0.2, -0.15) is 0 Å². The molecule has 2 rings (SSSR count). The highest BCUT2D eigenvalue weighted by molar-refractivity contribution is 7.49. The molecule has 0 spiro atoms. The van der Waals surface area contributed by atoms with Crippen molar-refractivity contribution in [3.05, 3.63) is 52.6 Å². The summed E-state index contributed by atoms with van der Waals surface area (Å²) in [6.45, 7) is 11.3. The molecule has 0 aliphatic heterocycles. The van der Waals surface area contributed by atoms with E-state index in [1.54, 1.807) is 7.11 Å². The van der Waals surface area contributed by atoms with Crippen LogP contribution in [0.3, 0.4) is 0 Å². The van der Waals surface area contributed by atoms with Crippen LogP contribution in [0.5, 0.6) is 5.75 Å². The first kappa shape index (κ1) is 20.7. The van der Waals surface area contributed by atoms with Crippen LogP contribution in [-0.4, -0.2) is 28.0 Å². The predicted octanol–water partition coefficient (Wildman–Crippen LogP) is 4.90. The Kier molecular flexibility index (Phi) is 6.71. The average molecular weight is 373 g/mol. The van der Waals surface area contributed by atoms with Gasteiger partial charge >= 0.3 is 0 Å². The van der Waals surface area contributed by atoms with Gasteiger partial charge in [-0.25, -0.2) is 0 Å². The van der Waals surface area contributed by atoms with Crippen molar-refractivity contribution >= 4 is 19.6 Å². The molecule has 1 atom stereocenters. The maximum atomic E-state index is 5.96. The van der Waals surface area contributed by atoms with Crippen LogP contribution in [0.1, 0.15) is 36.1 Å². The number of anilines is 1. The van der Waals surface area contributed by atoms with E-state index < -0.39 is 0 Å². The third-order valence-corrected chi connectivity index (χ3v) is 6.08. The maximum absolute atomic E-state index is 5.96. The molecule has 0 bridgehead atoms. The van der Waals surface area contributed by atoms with Crippen molar-refractivity contribution in [3.8, 4) is 5.75 Å². The van der Waals surface area contributed by atoms with Gasteiger partial charge in [0.15, 0.2) is 6.79 Å². The third-order valence-electron chi connectivity index (χ3n) is 4.50. The summed E-state index contributed by atoms with van der Waals surface area (Å²) < 4.78 is 11.1. The number of hydrogen-bond donors (Lipinski definition) is 0. The van der Waals surface area contributed by atoms with E-state index in [0.717, 1.165) is 11.3 Å². The highest BCUT2D eigenvalue weighted by Gasteiger charge is 2.28. The lowest BCUT2D eigenvalue weighted by molar-refractivity contribution is 0.0496. The van der Waals surface area contributed by atoms with Gasteiger partial charge in [-0.15, -0.1) is 0 Å². The molecule has 3 nitrogen and oxygen atoms in total. The van der Waals surface area contributed by atoms with Crippen molar-refractivity contribution in [1.82, 2.24) is 0 Å². The van der Waals surface area contributed by atoms with Crippen LogP contribution in [0.2, 0.25) is 0 Å². The summed E-state index contributed by atoms with van der Waals surface area (Å²) in [5, 5.41) is 1.34. The average Bonchev–Trinajstić information content (AvgIpc) is 2.54. The zero-order valence-corrected chi connectivity index (χ0v) is 18.4. The van der Waals surface area contributed by atoms with Gasteiger partial charge in [0.1, 0.15) is 5.75 Å². The second-order valence-corrected chi connectivity index (χ2v) is 9.71. The van der Waals surface area contributed by atoms with Gasteiger partial charge in [-0.05, 0) is 43.3 Å². The largest absolute Gasteiger partial charge is 0.467 e. The molecule has 0 radical (unpaired) electrons. The highest BCUT2D eigenvalue weighted by Crippen LogP contribution is 2.47. The summed E-state index contributed by atoms with van der Waals surface area (Å²) in [4.78, 5) is 2.20. The van der Waals surface area contributed by atoms with Crippen LogP contribution < -0.4 is 14.9 Å². The second-order valence-electron chi connectivity index (χ2n) is 7.67. The van der Waals surface area contributed by atoms with E-state index in [0.29, 0.717) is 8.58 Å². The van der Waals surface area contributed by atoms with Crippen molar-refractivity contribution in [3.63, 3.8) is 0 Å². The Morgan fingerprint density at radius 2 is 1.69 bits per heavy atom. The molecule has 2 aromatic carbocycles. The molecule has 1 unspecified atom stereocenters. The summed E-state index contributed by atoms with van der Waals surface area (Å²) in [6.07, 6.45) is 0. The molecule has 0 saturated carbocycles. The minimum atomic E-state index is -0.0418. The number of methoxy groups -OCH3 is 1. The first-order chi connectivity index (χ1) is 12.2. The van der Waals surface area contributed by atoms with Crippen LogP contribution in [0.25, 0.3) is 0 Å². The molecule has 0 N–H and O–H groups in total. The van der Waals surface area contributed by atoms with Crippen molar-refractivity contribution in [2.45, 2.75) is 39.8 Å². The monoisotopic (exact) mass is 373 g/mol. The number of benzene rings is 2. The van der Waals surface area contributed by atoms with Crippen LogP contribution >= 0.6 is 8.58 Å². The van der Waals surface area contributed by atoms with Gasteiger partial charge in [0.25, 0.3) is 0 Å². The first-order valence-electron chi connectivity index (χ1n) is 8.95. The first-order valence-corrected chi connectivity index (χ1v) is 9.95. The Morgan fingerprint density at radius 1 is 1.00 bits per heavy atom. The molecular formula is C22H32NO2P. The van der Waals surface area contributed by atoms with Crippen molar-refractivity contribution in [1.29, 1.82) is 0 Å². The van der Waals surface area contributed by atoms with Gasteiger partial charge in [-0.1, -0.05) is 52.3 Å². The molecule has 0 aliphatic carbocycles. The lowest BCUT2D eigenvalue weighted by Gasteiger charge is -2.31. The molecule has 0 fully saturated rings. The standard InChI is InChI=1S/C22H32NO2P/c1-15-9-10-20(19(13-15)23(6)7)26-22(4,5)18-12-16(2)11-17(3)21(18)25-14-24-8/h9-13,26H,14H2,1-8H3. The van der Waals surface area contributed by atoms with Gasteiger partial charge in [0.05, 0.1) is 0 Å². The van der Waals surface area contributed by atoms with Gasteiger partial charge in [0, 0.05) is 37.6 Å². The van der Waals surface area contributed by atoms with E-state index in [2.05, 4.69) is 83.9 Å². The Bertz CT molecular complexity index is 769. The molecule has 26 heavy (non-hydrogen) atoms. The SMILES string of the molecule is COCOc1c(C)cc(C)cc1C(C)(C)Pc1ccc(C)cc1N(C)C. The van der Waals surface area contributed by atoms with Gasteiger partial charge in [-0.3, -0.25) is 0 Å². The molecule has 0 aromatic heterocycles. The molecule has 0 saturated heterocycles. The topological polar surface area (TPSA) is 21.7 Å². The molecule has 2 aromatic rings. The van der Waals surface area contributed by atoms with E-state index in [1.165, 1.54) is 27.7 Å². The normalized spacial score (nSPS) is 12.0. The fourth-order valence-corrected chi connectivity index (χ4v) is 4.83. The fraction of sp³-hybridized carbons (Fsp3) is 0.455. The summed E-state index contributed by atoms with van der Waals surface area (Å²) in [7, 11) is 6.51. The predicted molar refractivity (Wildman–Crippen MR) is 115 cm³/mol. The number of ether oxygens (including phenoxy) is 2. The number of aryl methyl sites for hydroxylation is 3. The van der Waals surface area contributed by atoms with Crippen molar-refractivity contribution in [2.75, 3.05) is 32.9 Å². The minimum Gasteiger partial charge on any atom is -0.467 e. The van der Waals surface area contributed by atoms with E-state index in [9.17, 15) is 0 Å². The fourth-order valence-electron chi connectivity index (χ4n) is 3.25. The smallest absolute Gasteiger partial charge is 0.188 e. The highest BCUT2D eigenvalue weighted by atomic mass is 31.1. The Morgan fingerprint density at radius 3 is 2.31 bits per heavy atom. The quantitative estimate of drug-likeness (QED) is 0.509. The molecule has 0 aliphatic rings. The molecular weight excluding hydrogens is 341 g/mol. The number of rotatable bonds is 7. The van der Waals surface area contributed by atoms with Crippen LogP contribution in [0.4, 0.5) is 5.69 Å². The third kappa shape index (κ3) is 4.78. The maximum Gasteiger partial charge on any atom is 0.188 e. The van der Waals surface area contributed by atoms with Crippen LogP contribution in [0.15, 0.2) is 30.3 Å². The summed E-state index contributed by atoms with van der Waals surface area (Å²) in [5.74, 6) is 0.952. The lowest BCUT2D eigenvalue weighted by atomic mass is 9.96. The number of hydrogen-bond acceptors (Lipinski definition) is 3. The van der Waals surface area contributed by atoms with E-state index in [1.807, 2.05) is 0 Å². The summed E-state index contributed by atoms with van der Waals surface area (Å²) >= 11 is 0. The zero-order chi connectivity index (χ0) is 19.5. The van der Waals surface area contributed by atoms with Crippen LogP contribution in [0, 0.1) is 20.8 Å². The van der Waals surface area contributed by atoms with E-state index >= 15 is 0 Å². The van der Waals surface area contributed by atoms with Crippen LogP contribution in [-0.2, 0) is 9.89 Å². The summed E-state index contributed by atoms with van der Waals surface area (Å²) in [6, 6.07) is 11.2. The molecule has 4 heteroatoms. The molecule has 0 amide bonds. The van der Waals surface area contributed by atoms with Crippen molar-refractivity contribution in [2.24, 2.45) is 0 Å². The summed E-state index contributed by atoms with van der Waals surface area (Å²) in [5.41, 5.74) is 6.25. The Hall–Kier alpha value is -1.57. The van der Waals surface area contributed by atoms with E-state index in [4.69, 9.17) is 9.47 Å². The Labute approximate surface area is 160 Å².